The molecule has 1 fully saturated rings. The molecule has 10 heteroatoms. The van der Waals surface area contributed by atoms with Crippen molar-refractivity contribution in [3.05, 3.63) is 63.7 Å². The Balaban J connectivity index is 1.56. The van der Waals surface area contributed by atoms with Crippen molar-refractivity contribution in [2.24, 2.45) is 0 Å². The SMILES string of the molecule is Cc1ccc(NC(=O)CN2CCN(c3cccc(C(F)(F)F)c3)CC2)c([N+](=O)[O-])c1. The number of nitrogens with one attached hydrogen (secondary N) is 1. The van der Waals surface area contributed by atoms with Crippen molar-refractivity contribution in [3.8, 4) is 0 Å². The molecule has 1 heterocycles. The highest BCUT2D eigenvalue weighted by Gasteiger charge is 2.31. The lowest BCUT2D eigenvalue weighted by Gasteiger charge is -2.36. The van der Waals surface area contributed by atoms with Crippen molar-refractivity contribution in [2.75, 3.05) is 42.9 Å². The van der Waals surface area contributed by atoms with Gasteiger partial charge in [0.25, 0.3) is 5.69 Å². The third kappa shape index (κ3) is 5.26. The van der Waals surface area contributed by atoms with Crippen LogP contribution in [0.4, 0.5) is 30.2 Å². The molecule has 3 rings (SSSR count). The fourth-order valence-corrected chi connectivity index (χ4v) is 3.33. The molecule has 2 aromatic rings. The van der Waals surface area contributed by atoms with Crippen LogP contribution in [-0.4, -0.2) is 48.5 Å². The zero-order valence-corrected chi connectivity index (χ0v) is 16.3. The van der Waals surface area contributed by atoms with E-state index in [1.165, 1.54) is 18.2 Å². The number of nitro benzene ring substituents is 1. The lowest BCUT2D eigenvalue weighted by atomic mass is 10.1. The summed E-state index contributed by atoms with van der Waals surface area (Å²) in [6.07, 6.45) is -4.39. The van der Waals surface area contributed by atoms with E-state index in [2.05, 4.69) is 5.32 Å². The minimum Gasteiger partial charge on any atom is -0.369 e. The Kier molecular flexibility index (Phi) is 6.25. The highest BCUT2D eigenvalue weighted by atomic mass is 19.4. The fourth-order valence-electron chi connectivity index (χ4n) is 3.33. The summed E-state index contributed by atoms with van der Waals surface area (Å²) >= 11 is 0. The molecule has 0 saturated carbocycles. The van der Waals surface area contributed by atoms with Crippen LogP contribution in [0.25, 0.3) is 0 Å². The van der Waals surface area contributed by atoms with E-state index in [0.29, 0.717) is 37.4 Å². The van der Waals surface area contributed by atoms with E-state index in [-0.39, 0.29) is 23.8 Å². The van der Waals surface area contributed by atoms with Gasteiger partial charge in [-0.05, 0) is 36.8 Å². The summed E-state index contributed by atoms with van der Waals surface area (Å²) in [4.78, 5) is 26.7. The fraction of sp³-hybridized carbons (Fsp3) is 0.350. The van der Waals surface area contributed by atoms with Crippen LogP contribution in [0.2, 0.25) is 0 Å². The Hall–Kier alpha value is -3.14. The van der Waals surface area contributed by atoms with E-state index >= 15 is 0 Å². The normalized spacial score (nSPS) is 15.1. The van der Waals surface area contributed by atoms with Crippen molar-refractivity contribution in [2.45, 2.75) is 13.1 Å². The molecule has 7 nitrogen and oxygen atoms in total. The second kappa shape index (κ2) is 8.70. The number of nitrogens with zero attached hydrogens (tertiary/aromatic N) is 3. The summed E-state index contributed by atoms with van der Waals surface area (Å²) in [5, 5.41) is 13.7. The van der Waals surface area contributed by atoms with Crippen molar-refractivity contribution >= 4 is 23.0 Å². The van der Waals surface area contributed by atoms with E-state index < -0.39 is 16.7 Å². The lowest BCUT2D eigenvalue weighted by molar-refractivity contribution is -0.384. The number of rotatable bonds is 5. The molecule has 1 N–H and O–H groups in total. The van der Waals surface area contributed by atoms with Crippen molar-refractivity contribution in [1.29, 1.82) is 0 Å². The minimum atomic E-state index is -4.39. The molecule has 30 heavy (non-hydrogen) atoms. The summed E-state index contributed by atoms with van der Waals surface area (Å²) in [6.45, 7) is 3.68. The number of alkyl halides is 3. The number of halogens is 3. The van der Waals surface area contributed by atoms with Gasteiger partial charge in [-0.1, -0.05) is 12.1 Å². The van der Waals surface area contributed by atoms with Crippen LogP contribution >= 0.6 is 0 Å². The maximum atomic E-state index is 12.9. The number of aryl methyl sites for hydroxylation is 1. The van der Waals surface area contributed by atoms with Gasteiger partial charge in [-0.3, -0.25) is 19.8 Å². The zero-order chi connectivity index (χ0) is 21.9. The summed E-state index contributed by atoms with van der Waals surface area (Å²) in [5.74, 6) is -0.380. The summed E-state index contributed by atoms with van der Waals surface area (Å²) in [7, 11) is 0. The van der Waals surface area contributed by atoms with Crippen LogP contribution < -0.4 is 10.2 Å². The molecule has 0 atom stereocenters. The number of anilines is 2. The molecule has 0 unspecified atom stereocenters. The quantitative estimate of drug-likeness (QED) is 0.588. The second-order valence-corrected chi connectivity index (χ2v) is 7.14. The molecule has 0 aromatic heterocycles. The van der Waals surface area contributed by atoms with E-state index in [9.17, 15) is 28.1 Å². The maximum Gasteiger partial charge on any atom is 0.416 e. The summed E-state index contributed by atoms with van der Waals surface area (Å²) in [6, 6.07) is 9.74. The van der Waals surface area contributed by atoms with Crippen LogP contribution in [0.15, 0.2) is 42.5 Å². The molecule has 1 aliphatic heterocycles. The molecular formula is C20H21F3N4O3. The number of amides is 1. The Morgan fingerprint density at radius 2 is 1.83 bits per heavy atom. The topological polar surface area (TPSA) is 78.7 Å². The number of hydrogen-bond donors (Lipinski definition) is 1. The lowest BCUT2D eigenvalue weighted by Crippen LogP contribution is -2.48. The number of nitro groups is 1. The van der Waals surface area contributed by atoms with Crippen molar-refractivity contribution in [1.82, 2.24) is 4.90 Å². The van der Waals surface area contributed by atoms with Crippen LogP contribution in [0.3, 0.4) is 0 Å². The third-order valence-electron chi connectivity index (χ3n) is 4.90. The summed E-state index contributed by atoms with van der Waals surface area (Å²) in [5.41, 5.74) is 0.479. The van der Waals surface area contributed by atoms with Gasteiger partial charge < -0.3 is 10.2 Å². The first-order valence-electron chi connectivity index (χ1n) is 9.33. The maximum absolute atomic E-state index is 12.9. The second-order valence-electron chi connectivity index (χ2n) is 7.14. The van der Waals surface area contributed by atoms with Gasteiger partial charge in [-0.15, -0.1) is 0 Å². The number of carbonyl (C=O) groups excluding carboxylic acids is 1. The van der Waals surface area contributed by atoms with Gasteiger partial charge in [-0.25, -0.2) is 0 Å². The smallest absolute Gasteiger partial charge is 0.369 e. The Labute approximate surface area is 171 Å². The average molecular weight is 422 g/mol. The molecule has 1 amide bonds. The first-order valence-corrected chi connectivity index (χ1v) is 9.33. The van der Waals surface area contributed by atoms with Crippen molar-refractivity contribution < 1.29 is 22.9 Å². The van der Waals surface area contributed by atoms with Gasteiger partial charge in [0.15, 0.2) is 0 Å². The average Bonchev–Trinajstić information content (AvgIpc) is 2.69. The Bertz CT molecular complexity index is 941. The monoisotopic (exact) mass is 422 g/mol. The Morgan fingerprint density at radius 1 is 1.13 bits per heavy atom. The first-order chi connectivity index (χ1) is 14.1. The van der Waals surface area contributed by atoms with Crippen LogP contribution in [0.1, 0.15) is 11.1 Å². The van der Waals surface area contributed by atoms with Crippen LogP contribution in [0.5, 0.6) is 0 Å². The molecule has 0 radical (unpaired) electrons. The molecule has 0 aliphatic carbocycles. The summed E-state index contributed by atoms with van der Waals surface area (Å²) < 4.78 is 38.7. The predicted molar refractivity (Wildman–Crippen MR) is 107 cm³/mol. The molecule has 160 valence electrons. The Morgan fingerprint density at radius 3 is 2.47 bits per heavy atom. The first kappa shape index (κ1) is 21.6. The standard InChI is InChI=1S/C20H21F3N4O3/c1-14-5-6-17(18(11-14)27(29)30)24-19(28)13-25-7-9-26(10-8-25)16-4-2-3-15(12-16)20(21,22)23/h2-6,11-12H,7-10,13H2,1H3,(H,24,28). The molecule has 1 aliphatic rings. The molecular weight excluding hydrogens is 401 g/mol. The molecule has 2 aromatic carbocycles. The van der Waals surface area contributed by atoms with Gasteiger partial charge in [0.05, 0.1) is 17.0 Å². The van der Waals surface area contributed by atoms with E-state index in [0.717, 1.165) is 12.1 Å². The van der Waals surface area contributed by atoms with Gasteiger partial charge in [-0.2, -0.15) is 13.2 Å². The van der Waals surface area contributed by atoms with Crippen LogP contribution in [-0.2, 0) is 11.0 Å². The predicted octanol–water partition coefficient (Wildman–Crippen LogP) is 3.68. The third-order valence-corrected chi connectivity index (χ3v) is 4.90. The van der Waals surface area contributed by atoms with Gasteiger partial charge in [0, 0.05) is 37.9 Å². The van der Waals surface area contributed by atoms with Gasteiger partial charge in [0.1, 0.15) is 5.69 Å². The molecule has 0 spiro atoms. The van der Waals surface area contributed by atoms with E-state index in [1.54, 1.807) is 19.1 Å². The van der Waals surface area contributed by atoms with E-state index in [1.807, 2.05) is 9.80 Å². The molecule has 0 bridgehead atoms. The van der Waals surface area contributed by atoms with Gasteiger partial charge >= 0.3 is 6.18 Å². The van der Waals surface area contributed by atoms with E-state index in [4.69, 9.17) is 0 Å². The number of piperazine rings is 1. The van der Waals surface area contributed by atoms with Crippen LogP contribution in [0, 0.1) is 17.0 Å². The number of carbonyl (C=O) groups is 1. The highest BCUT2D eigenvalue weighted by Crippen LogP contribution is 2.32. The molecule has 1 saturated heterocycles. The van der Waals surface area contributed by atoms with Crippen molar-refractivity contribution in [3.63, 3.8) is 0 Å². The highest BCUT2D eigenvalue weighted by molar-refractivity contribution is 5.94. The largest absolute Gasteiger partial charge is 0.416 e. The zero-order valence-electron chi connectivity index (χ0n) is 16.3. The minimum absolute atomic E-state index is 0.0431. The van der Waals surface area contributed by atoms with Gasteiger partial charge in [0.2, 0.25) is 5.91 Å². The number of benzene rings is 2. The number of hydrogen-bond acceptors (Lipinski definition) is 5.